The predicted molar refractivity (Wildman–Crippen MR) is 34.6 cm³/mol. The van der Waals surface area contributed by atoms with Crippen molar-refractivity contribution in [3.8, 4) is 0 Å². The Morgan fingerprint density at radius 3 is 2.00 bits per heavy atom. The van der Waals surface area contributed by atoms with Crippen LogP contribution in [0.25, 0.3) is 0 Å². The van der Waals surface area contributed by atoms with Crippen molar-refractivity contribution in [2.24, 2.45) is 0 Å². The first-order valence-electron chi connectivity index (χ1n) is 2.15. The van der Waals surface area contributed by atoms with E-state index < -0.39 is 11.7 Å². The lowest BCUT2D eigenvalue weighted by Gasteiger charge is -2.15. The predicted octanol–water partition coefficient (Wildman–Crippen LogP) is -0.579. The number of aliphatic carboxylic acids is 1. The van der Waals surface area contributed by atoms with Crippen LogP contribution in [0.15, 0.2) is 0 Å². The number of aliphatic hydroxyl groups is 1. The molecule has 0 aromatic rings. The van der Waals surface area contributed by atoms with Gasteiger partial charge in [-0.15, -0.1) is 12.4 Å². The molecule has 5 heteroatoms. The van der Waals surface area contributed by atoms with E-state index in [0.717, 1.165) is 6.92 Å². The topological polar surface area (TPSA) is 69.6 Å². The van der Waals surface area contributed by atoms with Gasteiger partial charge in [0.05, 0.1) is 0 Å². The quantitative estimate of drug-likeness (QED) is 0.467. The van der Waals surface area contributed by atoms with Crippen molar-refractivity contribution in [3.63, 3.8) is 0 Å². The summed E-state index contributed by atoms with van der Waals surface area (Å²) >= 11 is 0. The number of nitrogens with one attached hydrogen (secondary N) is 1. The van der Waals surface area contributed by atoms with Gasteiger partial charge in [0, 0.05) is 0 Å². The zero-order valence-corrected chi connectivity index (χ0v) is 6.03. The van der Waals surface area contributed by atoms with Crippen LogP contribution in [0.5, 0.6) is 0 Å². The number of hydrogen-bond donors (Lipinski definition) is 3. The molecule has 9 heavy (non-hydrogen) atoms. The second-order valence-electron chi connectivity index (χ2n) is 1.63. The molecule has 56 valence electrons. The molecule has 0 aliphatic carbocycles. The van der Waals surface area contributed by atoms with Gasteiger partial charge in [0.15, 0.2) is 0 Å². The highest BCUT2D eigenvalue weighted by Crippen LogP contribution is 1.93. The minimum Gasteiger partial charge on any atom is -0.478 e. The van der Waals surface area contributed by atoms with Crippen molar-refractivity contribution in [1.82, 2.24) is 5.32 Å². The first-order valence-corrected chi connectivity index (χ1v) is 2.15. The molecule has 0 rings (SSSR count). The molecule has 0 saturated heterocycles. The molecule has 0 heterocycles. The highest BCUT2D eigenvalue weighted by molar-refractivity contribution is 5.85. The van der Waals surface area contributed by atoms with Gasteiger partial charge in [-0.2, -0.15) is 0 Å². The summed E-state index contributed by atoms with van der Waals surface area (Å²) in [6.07, 6.45) is 0. The Labute approximate surface area is 59.3 Å². The van der Waals surface area contributed by atoms with Crippen LogP contribution in [0.1, 0.15) is 6.92 Å². The van der Waals surface area contributed by atoms with Crippen LogP contribution in [-0.4, -0.2) is 29.0 Å². The first kappa shape index (κ1) is 11.5. The van der Waals surface area contributed by atoms with Crippen molar-refractivity contribution in [2.75, 3.05) is 7.05 Å². The molecule has 0 radical (unpaired) electrons. The van der Waals surface area contributed by atoms with Crippen molar-refractivity contribution >= 4 is 18.4 Å². The second kappa shape index (κ2) is 3.66. The lowest BCUT2D eigenvalue weighted by Crippen LogP contribution is -2.47. The SMILES string of the molecule is CNC(C)(O)C(=O)O.Cl. The van der Waals surface area contributed by atoms with Crippen molar-refractivity contribution in [2.45, 2.75) is 12.6 Å². The number of hydrogen-bond acceptors (Lipinski definition) is 3. The number of rotatable bonds is 2. The standard InChI is InChI=1S/C4H9NO3.ClH/c1-4(8,5-2)3(6)7;/h5,8H,1-2H3,(H,6,7);1H. The van der Waals surface area contributed by atoms with Crippen LogP contribution in [0, 0.1) is 0 Å². The summed E-state index contributed by atoms with van der Waals surface area (Å²) in [6, 6.07) is 0. The molecule has 0 bridgehead atoms. The van der Waals surface area contributed by atoms with Crippen molar-refractivity contribution < 1.29 is 15.0 Å². The van der Waals surface area contributed by atoms with Crippen LogP contribution in [0.4, 0.5) is 0 Å². The Morgan fingerprint density at radius 1 is 1.67 bits per heavy atom. The molecule has 0 aromatic heterocycles. The van der Waals surface area contributed by atoms with Gasteiger partial charge in [-0.3, -0.25) is 5.32 Å². The molecule has 3 N–H and O–H groups in total. The molecule has 0 spiro atoms. The lowest BCUT2D eigenvalue weighted by atomic mass is 10.3. The number of halogens is 1. The van der Waals surface area contributed by atoms with Crippen molar-refractivity contribution in [3.05, 3.63) is 0 Å². The molecule has 0 fully saturated rings. The third-order valence-electron chi connectivity index (χ3n) is 0.903. The first-order chi connectivity index (χ1) is 3.50. The van der Waals surface area contributed by atoms with Crippen molar-refractivity contribution in [1.29, 1.82) is 0 Å². The van der Waals surface area contributed by atoms with Gasteiger partial charge in [0.1, 0.15) is 0 Å². The van der Waals surface area contributed by atoms with E-state index in [4.69, 9.17) is 10.2 Å². The molecule has 0 aromatic carbocycles. The number of carboxylic acid groups (broad SMARTS) is 1. The summed E-state index contributed by atoms with van der Waals surface area (Å²) in [5.41, 5.74) is -1.79. The Kier molecular flexibility index (Phi) is 4.66. The smallest absolute Gasteiger partial charge is 0.350 e. The van der Waals surface area contributed by atoms with E-state index in [-0.39, 0.29) is 12.4 Å². The molecule has 0 aliphatic rings. The zero-order chi connectivity index (χ0) is 6.78. The van der Waals surface area contributed by atoms with E-state index in [1.54, 1.807) is 0 Å². The second-order valence-corrected chi connectivity index (χ2v) is 1.63. The average Bonchev–Trinajstić information content (AvgIpc) is 1.67. The summed E-state index contributed by atoms with van der Waals surface area (Å²) in [6.45, 7) is 1.16. The lowest BCUT2D eigenvalue weighted by molar-refractivity contribution is -0.159. The van der Waals surface area contributed by atoms with Gasteiger partial charge in [0.2, 0.25) is 5.72 Å². The molecule has 1 atom stereocenters. The summed E-state index contributed by atoms with van der Waals surface area (Å²) in [7, 11) is 1.37. The van der Waals surface area contributed by atoms with Gasteiger partial charge in [-0.25, -0.2) is 4.79 Å². The van der Waals surface area contributed by atoms with E-state index in [1.165, 1.54) is 7.05 Å². The fourth-order valence-electron chi connectivity index (χ4n) is 0.107. The third-order valence-corrected chi connectivity index (χ3v) is 0.903. The minimum atomic E-state index is -1.79. The van der Waals surface area contributed by atoms with E-state index in [9.17, 15) is 4.79 Å². The largest absolute Gasteiger partial charge is 0.478 e. The maximum atomic E-state index is 9.94. The molecule has 0 saturated carbocycles. The van der Waals surface area contributed by atoms with Crippen LogP contribution in [0.2, 0.25) is 0 Å². The Bertz CT molecular complexity index is 104. The summed E-state index contributed by atoms with van der Waals surface area (Å²) in [4.78, 5) is 9.94. The van der Waals surface area contributed by atoms with Gasteiger partial charge < -0.3 is 10.2 Å². The number of carboxylic acids is 1. The summed E-state index contributed by atoms with van der Waals surface area (Å²) < 4.78 is 0. The molecule has 4 nitrogen and oxygen atoms in total. The van der Waals surface area contributed by atoms with E-state index in [1.807, 2.05) is 0 Å². The fraction of sp³-hybridized carbons (Fsp3) is 0.750. The maximum absolute atomic E-state index is 9.94. The summed E-state index contributed by atoms with van der Waals surface area (Å²) in [5, 5.41) is 19.0. The van der Waals surface area contributed by atoms with Gasteiger partial charge in [-0.05, 0) is 14.0 Å². The van der Waals surface area contributed by atoms with Gasteiger partial charge >= 0.3 is 5.97 Å². The summed E-state index contributed by atoms with van der Waals surface area (Å²) in [5.74, 6) is -1.28. The Balaban J connectivity index is 0. The Morgan fingerprint density at radius 2 is 2.00 bits per heavy atom. The number of carbonyl (C=O) groups is 1. The zero-order valence-electron chi connectivity index (χ0n) is 5.21. The molecule has 1 unspecified atom stereocenters. The van der Waals surface area contributed by atoms with E-state index in [2.05, 4.69) is 5.32 Å². The average molecular weight is 156 g/mol. The molecular weight excluding hydrogens is 146 g/mol. The minimum absolute atomic E-state index is 0. The van der Waals surface area contributed by atoms with Crippen LogP contribution in [-0.2, 0) is 4.79 Å². The van der Waals surface area contributed by atoms with Crippen LogP contribution >= 0.6 is 12.4 Å². The molecular formula is C4H10ClNO3. The highest BCUT2D eigenvalue weighted by Gasteiger charge is 2.26. The van der Waals surface area contributed by atoms with Crippen LogP contribution in [0.3, 0.4) is 0 Å². The fourth-order valence-corrected chi connectivity index (χ4v) is 0.107. The van der Waals surface area contributed by atoms with E-state index in [0.29, 0.717) is 0 Å². The van der Waals surface area contributed by atoms with Gasteiger partial charge in [-0.1, -0.05) is 0 Å². The maximum Gasteiger partial charge on any atom is 0.350 e. The number of likely N-dealkylation sites (N-methyl/N-ethyl adjacent to an activating group) is 1. The normalized spacial score (nSPS) is 15.4. The molecule has 0 aliphatic heterocycles. The molecule has 0 amide bonds. The monoisotopic (exact) mass is 155 g/mol. The van der Waals surface area contributed by atoms with Crippen LogP contribution < -0.4 is 5.32 Å². The Hall–Kier alpha value is -0.320. The van der Waals surface area contributed by atoms with E-state index >= 15 is 0 Å². The highest BCUT2D eigenvalue weighted by atomic mass is 35.5. The van der Waals surface area contributed by atoms with Gasteiger partial charge in [0.25, 0.3) is 0 Å². The third kappa shape index (κ3) is 3.29.